The molecule has 2 aromatic heterocycles. The minimum Gasteiger partial charge on any atom is -0.382 e. The van der Waals surface area contributed by atoms with Gasteiger partial charge in [-0.2, -0.15) is 5.10 Å². The van der Waals surface area contributed by atoms with Crippen LogP contribution in [0.2, 0.25) is 0 Å². The third kappa shape index (κ3) is 2.04. The number of pyridine rings is 1. The second-order valence-electron chi connectivity index (χ2n) is 6.09. The summed E-state index contributed by atoms with van der Waals surface area (Å²) in [5.41, 5.74) is 12.3. The second-order valence-corrected chi connectivity index (χ2v) is 6.09. The number of hydrogen-bond acceptors (Lipinski definition) is 3. The molecule has 0 spiro atoms. The predicted molar refractivity (Wildman–Crippen MR) is 89.6 cm³/mol. The molecule has 1 aromatic carbocycles. The lowest BCUT2D eigenvalue weighted by atomic mass is 9.84. The molecule has 0 amide bonds. The summed E-state index contributed by atoms with van der Waals surface area (Å²) in [6.07, 6.45) is 2.52. The van der Waals surface area contributed by atoms with Crippen molar-refractivity contribution < 1.29 is 4.39 Å². The maximum atomic E-state index is 14.0. The van der Waals surface area contributed by atoms with Crippen molar-refractivity contribution in [3.8, 4) is 11.3 Å². The summed E-state index contributed by atoms with van der Waals surface area (Å²) in [4.78, 5) is 4.71. The lowest BCUT2D eigenvalue weighted by Gasteiger charge is -2.22. The molecule has 1 aliphatic carbocycles. The topological polar surface area (TPSA) is 67.6 Å². The van der Waals surface area contributed by atoms with Gasteiger partial charge in [0.25, 0.3) is 0 Å². The molecule has 0 saturated carbocycles. The van der Waals surface area contributed by atoms with E-state index in [0.29, 0.717) is 17.0 Å². The van der Waals surface area contributed by atoms with Gasteiger partial charge >= 0.3 is 0 Å². The lowest BCUT2D eigenvalue weighted by molar-refractivity contribution is 0.619. The largest absolute Gasteiger partial charge is 0.382 e. The molecule has 0 atom stereocenters. The van der Waals surface area contributed by atoms with Crippen LogP contribution >= 0.6 is 0 Å². The number of allylic oxidation sites excluding steroid dienone is 1. The Morgan fingerprint density at radius 2 is 2.09 bits per heavy atom. The van der Waals surface area contributed by atoms with Crippen molar-refractivity contribution in [3.63, 3.8) is 0 Å². The van der Waals surface area contributed by atoms with Gasteiger partial charge in [0.2, 0.25) is 0 Å². The molecular formula is C18H17FN4. The van der Waals surface area contributed by atoms with Gasteiger partial charge in [-0.1, -0.05) is 24.3 Å². The van der Waals surface area contributed by atoms with Crippen LogP contribution in [0.4, 0.5) is 10.2 Å². The second kappa shape index (κ2) is 4.91. The van der Waals surface area contributed by atoms with Crippen LogP contribution in [0.3, 0.4) is 0 Å². The van der Waals surface area contributed by atoms with E-state index in [9.17, 15) is 4.39 Å². The van der Waals surface area contributed by atoms with Crippen molar-refractivity contribution in [2.75, 3.05) is 5.73 Å². The number of halogens is 1. The number of nitrogens with two attached hydrogens (primary N) is 1. The molecule has 0 unspecified atom stereocenters. The van der Waals surface area contributed by atoms with Gasteiger partial charge in [-0.25, -0.2) is 9.37 Å². The molecule has 1 aliphatic rings. The molecule has 0 saturated heterocycles. The first-order valence-corrected chi connectivity index (χ1v) is 7.63. The predicted octanol–water partition coefficient (Wildman–Crippen LogP) is 3.70. The fourth-order valence-corrected chi connectivity index (χ4v) is 3.39. The van der Waals surface area contributed by atoms with Gasteiger partial charge in [0, 0.05) is 5.56 Å². The number of rotatable bonds is 1. The van der Waals surface area contributed by atoms with Gasteiger partial charge in [0.1, 0.15) is 5.82 Å². The van der Waals surface area contributed by atoms with Crippen molar-refractivity contribution in [3.05, 3.63) is 52.9 Å². The number of nitrogens with zero attached hydrogens (tertiary/aromatic N) is 2. The summed E-state index contributed by atoms with van der Waals surface area (Å²) in [5.74, 6) is 0.239. The van der Waals surface area contributed by atoms with E-state index in [2.05, 4.69) is 16.8 Å². The summed E-state index contributed by atoms with van der Waals surface area (Å²) in [6.45, 7) is 5.90. The van der Waals surface area contributed by atoms with Crippen LogP contribution in [0.25, 0.3) is 22.3 Å². The van der Waals surface area contributed by atoms with Crippen molar-refractivity contribution in [1.82, 2.24) is 15.2 Å². The van der Waals surface area contributed by atoms with E-state index in [1.165, 1.54) is 11.6 Å². The number of aromatic amines is 1. The van der Waals surface area contributed by atoms with Gasteiger partial charge in [0.05, 0.1) is 11.1 Å². The van der Waals surface area contributed by atoms with E-state index in [4.69, 9.17) is 10.7 Å². The number of aromatic nitrogens is 3. The zero-order chi connectivity index (χ0) is 16.1. The van der Waals surface area contributed by atoms with Crippen molar-refractivity contribution in [2.24, 2.45) is 0 Å². The smallest absolute Gasteiger partial charge is 0.158 e. The minimum atomic E-state index is -0.220. The summed E-state index contributed by atoms with van der Waals surface area (Å²) < 4.78 is 14.0. The molecule has 0 bridgehead atoms. The summed E-state index contributed by atoms with van der Waals surface area (Å²) in [7, 11) is 0. The number of benzene rings is 1. The van der Waals surface area contributed by atoms with Crippen molar-refractivity contribution >= 4 is 16.9 Å². The Labute approximate surface area is 133 Å². The molecule has 5 heteroatoms. The summed E-state index contributed by atoms with van der Waals surface area (Å²) in [5, 5.41) is 7.85. The Morgan fingerprint density at radius 1 is 1.26 bits per heavy atom. The molecule has 4 rings (SSSR count). The van der Waals surface area contributed by atoms with E-state index < -0.39 is 0 Å². The molecule has 3 aromatic rings. The zero-order valence-corrected chi connectivity index (χ0v) is 12.9. The maximum Gasteiger partial charge on any atom is 0.158 e. The Balaban J connectivity index is 2.08. The van der Waals surface area contributed by atoms with Crippen LogP contribution in [0.15, 0.2) is 30.4 Å². The number of nitrogens with one attached hydrogen (secondary N) is 1. The molecule has 116 valence electrons. The quantitative estimate of drug-likeness (QED) is 0.674. The van der Waals surface area contributed by atoms with Crippen molar-refractivity contribution in [1.29, 1.82) is 0 Å². The molecule has 3 N–H and O–H groups in total. The molecule has 2 heterocycles. The van der Waals surface area contributed by atoms with Crippen LogP contribution in [0.5, 0.6) is 0 Å². The number of hydrogen-bond donors (Lipinski definition) is 2. The lowest BCUT2D eigenvalue weighted by Crippen LogP contribution is -2.10. The minimum absolute atomic E-state index is 0.220. The Bertz CT molecular complexity index is 955. The molecule has 23 heavy (non-hydrogen) atoms. The van der Waals surface area contributed by atoms with Crippen LogP contribution in [-0.2, 0) is 12.8 Å². The number of fused-ring (bicyclic) bond motifs is 3. The Hall–Kier alpha value is -2.69. The maximum absolute atomic E-state index is 14.0. The number of H-pyrrole nitrogens is 1. The molecular weight excluding hydrogens is 291 g/mol. The van der Waals surface area contributed by atoms with Gasteiger partial charge in [-0.15, -0.1) is 0 Å². The molecule has 4 nitrogen and oxygen atoms in total. The van der Waals surface area contributed by atoms with Gasteiger partial charge in [-0.3, -0.25) is 5.10 Å². The van der Waals surface area contributed by atoms with E-state index in [0.717, 1.165) is 47.0 Å². The number of anilines is 1. The first-order valence-electron chi connectivity index (χ1n) is 7.63. The zero-order valence-electron chi connectivity index (χ0n) is 12.9. The average Bonchev–Trinajstić information content (AvgIpc) is 2.90. The highest BCUT2D eigenvalue weighted by molar-refractivity contribution is 5.93. The van der Waals surface area contributed by atoms with E-state index in [1.54, 1.807) is 13.0 Å². The third-order valence-corrected chi connectivity index (χ3v) is 4.63. The van der Waals surface area contributed by atoms with Gasteiger partial charge in [-0.05, 0) is 48.9 Å². The first-order chi connectivity index (χ1) is 11.1. The molecule has 0 fully saturated rings. The van der Waals surface area contributed by atoms with Crippen LogP contribution in [0, 0.1) is 12.7 Å². The Morgan fingerprint density at radius 3 is 2.91 bits per heavy atom. The Kier molecular flexibility index (Phi) is 2.98. The molecule has 0 radical (unpaired) electrons. The monoisotopic (exact) mass is 308 g/mol. The standard InChI is InChI=1S/C18H17FN4/c1-9-6-7-12-13(8-9)15-17(20)22-23-18(15)21-16(12)11-4-3-5-14(19)10(11)2/h3-5H,1,6-8H2,2H3,(H3,20,21,22,23). The van der Waals surface area contributed by atoms with Crippen LogP contribution in [0.1, 0.15) is 23.1 Å². The summed E-state index contributed by atoms with van der Waals surface area (Å²) >= 11 is 0. The fraction of sp³-hybridized carbons (Fsp3) is 0.222. The first kappa shape index (κ1) is 13.9. The SMILES string of the molecule is C=C1CCc2c(-c3cccc(F)c3C)nc3[nH]nc(N)c3c2C1. The van der Waals surface area contributed by atoms with Crippen LogP contribution in [-0.4, -0.2) is 15.2 Å². The van der Waals surface area contributed by atoms with E-state index >= 15 is 0 Å². The highest BCUT2D eigenvalue weighted by atomic mass is 19.1. The van der Waals surface area contributed by atoms with E-state index in [1.807, 2.05) is 6.07 Å². The highest BCUT2D eigenvalue weighted by Gasteiger charge is 2.24. The average molecular weight is 308 g/mol. The van der Waals surface area contributed by atoms with Gasteiger partial charge in [0.15, 0.2) is 11.5 Å². The molecule has 0 aliphatic heterocycles. The van der Waals surface area contributed by atoms with Gasteiger partial charge < -0.3 is 5.73 Å². The third-order valence-electron chi connectivity index (χ3n) is 4.63. The van der Waals surface area contributed by atoms with Crippen molar-refractivity contribution in [2.45, 2.75) is 26.2 Å². The van der Waals surface area contributed by atoms with Crippen LogP contribution < -0.4 is 5.73 Å². The number of nitrogen functional groups attached to an aromatic ring is 1. The summed E-state index contributed by atoms with van der Waals surface area (Å²) in [6, 6.07) is 5.11. The normalized spacial score (nSPS) is 14.3. The fourth-order valence-electron chi connectivity index (χ4n) is 3.39. The highest BCUT2D eigenvalue weighted by Crippen LogP contribution is 2.38. The van der Waals surface area contributed by atoms with E-state index in [-0.39, 0.29) is 5.82 Å².